The van der Waals surface area contributed by atoms with E-state index >= 15 is 0 Å². The van der Waals surface area contributed by atoms with Crippen molar-refractivity contribution >= 4 is 23.2 Å². The van der Waals surface area contributed by atoms with E-state index in [-0.39, 0.29) is 0 Å². The Hall–Kier alpha value is 0.580. The van der Waals surface area contributed by atoms with E-state index in [9.17, 15) is 0 Å². The number of alkyl halides is 2. The smallest absolute Gasteiger partial charge is 0.101 e. The molecular weight excluding hydrogens is 287 g/mol. The highest BCUT2D eigenvalue weighted by Gasteiger charge is 2.40. The summed E-state index contributed by atoms with van der Waals surface area (Å²) in [6.45, 7) is 11.2. The average molecular weight is 323 g/mol. The quantitative estimate of drug-likeness (QED) is 0.256. The second-order valence-corrected chi connectivity index (χ2v) is 7.98. The van der Waals surface area contributed by atoms with Crippen LogP contribution in [-0.4, -0.2) is 4.33 Å². The Kier molecular flexibility index (Phi) is 11.5. The summed E-state index contributed by atoms with van der Waals surface area (Å²) in [6.07, 6.45) is 11.4. The highest BCUT2D eigenvalue weighted by molar-refractivity contribution is 6.48. The molecule has 0 aliphatic heterocycles. The first kappa shape index (κ1) is 20.6. The monoisotopic (exact) mass is 322 g/mol. The number of hydrogen-bond acceptors (Lipinski definition) is 0. The largest absolute Gasteiger partial charge is 0.123 e. The van der Waals surface area contributed by atoms with Gasteiger partial charge in [0.25, 0.3) is 0 Å². The van der Waals surface area contributed by atoms with Crippen LogP contribution in [0.4, 0.5) is 0 Å². The van der Waals surface area contributed by atoms with E-state index in [4.69, 9.17) is 23.2 Å². The summed E-state index contributed by atoms with van der Waals surface area (Å²) in [5, 5.41) is 0. The molecule has 0 bridgehead atoms. The predicted octanol–water partition coefficient (Wildman–Crippen LogP) is 7.62. The van der Waals surface area contributed by atoms with Gasteiger partial charge in [-0.2, -0.15) is 0 Å². The lowest BCUT2D eigenvalue weighted by Gasteiger charge is -2.38. The fourth-order valence-corrected chi connectivity index (χ4v) is 3.88. The predicted molar refractivity (Wildman–Crippen MR) is 94.8 cm³/mol. The van der Waals surface area contributed by atoms with Crippen molar-refractivity contribution in [3.63, 3.8) is 0 Å². The van der Waals surface area contributed by atoms with Gasteiger partial charge in [0.15, 0.2) is 0 Å². The van der Waals surface area contributed by atoms with Crippen molar-refractivity contribution in [2.45, 2.75) is 96.7 Å². The zero-order chi connectivity index (χ0) is 15.6. The zero-order valence-corrected chi connectivity index (χ0v) is 15.9. The summed E-state index contributed by atoms with van der Waals surface area (Å²) >= 11 is 13.5. The van der Waals surface area contributed by atoms with Gasteiger partial charge in [-0.3, -0.25) is 0 Å². The highest BCUT2D eigenvalue weighted by atomic mass is 35.5. The summed E-state index contributed by atoms with van der Waals surface area (Å²) < 4.78 is -0.562. The molecule has 0 amide bonds. The van der Waals surface area contributed by atoms with Gasteiger partial charge in [-0.15, -0.1) is 23.2 Å². The Labute approximate surface area is 138 Å². The van der Waals surface area contributed by atoms with Gasteiger partial charge in [0.1, 0.15) is 4.33 Å². The van der Waals surface area contributed by atoms with Crippen LogP contribution in [0.5, 0.6) is 0 Å². The maximum absolute atomic E-state index is 6.75. The first-order valence-electron chi connectivity index (χ1n) is 8.79. The Morgan fingerprint density at radius 1 is 0.800 bits per heavy atom. The van der Waals surface area contributed by atoms with Gasteiger partial charge < -0.3 is 0 Å². The average Bonchev–Trinajstić information content (AvgIpc) is 2.44. The van der Waals surface area contributed by atoms with E-state index in [0.29, 0.717) is 17.8 Å². The third-order valence-electron chi connectivity index (χ3n) is 4.96. The van der Waals surface area contributed by atoms with Crippen LogP contribution >= 0.6 is 23.2 Å². The fourth-order valence-electron chi connectivity index (χ4n) is 2.92. The van der Waals surface area contributed by atoms with Crippen LogP contribution < -0.4 is 0 Å². The van der Waals surface area contributed by atoms with Crippen LogP contribution in [0.2, 0.25) is 0 Å². The van der Waals surface area contributed by atoms with E-state index in [0.717, 1.165) is 12.8 Å². The maximum Gasteiger partial charge on any atom is 0.123 e. The van der Waals surface area contributed by atoms with Gasteiger partial charge in [0.2, 0.25) is 0 Å². The molecule has 0 fully saturated rings. The second-order valence-electron chi connectivity index (χ2n) is 6.53. The van der Waals surface area contributed by atoms with Crippen LogP contribution in [0, 0.1) is 17.8 Å². The molecule has 0 aliphatic rings. The van der Waals surface area contributed by atoms with Gasteiger partial charge in [-0.05, 0) is 24.2 Å². The zero-order valence-electron chi connectivity index (χ0n) is 14.4. The highest BCUT2D eigenvalue weighted by Crippen LogP contribution is 2.46. The minimum atomic E-state index is -0.562. The van der Waals surface area contributed by atoms with E-state index < -0.39 is 4.33 Å². The Morgan fingerprint density at radius 2 is 1.35 bits per heavy atom. The van der Waals surface area contributed by atoms with Crippen LogP contribution in [0.15, 0.2) is 0 Å². The molecule has 0 aromatic rings. The van der Waals surface area contributed by atoms with Gasteiger partial charge >= 0.3 is 0 Å². The van der Waals surface area contributed by atoms with E-state index in [2.05, 4.69) is 34.6 Å². The summed E-state index contributed by atoms with van der Waals surface area (Å²) in [6, 6.07) is 0. The van der Waals surface area contributed by atoms with Crippen LogP contribution in [0.25, 0.3) is 0 Å². The van der Waals surface area contributed by atoms with Crippen molar-refractivity contribution in [2.24, 2.45) is 17.8 Å². The second kappa shape index (κ2) is 11.2. The van der Waals surface area contributed by atoms with E-state index in [1.54, 1.807) is 0 Å². The summed E-state index contributed by atoms with van der Waals surface area (Å²) in [5.41, 5.74) is 0. The molecule has 0 saturated heterocycles. The number of hydrogen-bond donors (Lipinski definition) is 0. The van der Waals surface area contributed by atoms with Crippen molar-refractivity contribution in [1.82, 2.24) is 0 Å². The van der Waals surface area contributed by atoms with Gasteiger partial charge in [-0.25, -0.2) is 0 Å². The molecular formula is C18H36Cl2. The molecule has 20 heavy (non-hydrogen) atoms. The molecule has 3 atom stereocenters. The lowest BCUT2D eigenvalue weighted by Crippen LogP contribution is -2.36. The van der Waals surface area contributed by atoms with Gasteiger partial charge in [-0.1, -0.05) is 86.0 Å². The molecule has 3 unspecified atom stereocenters. The Balaban J connectivity index is 4.36. The van der Waals surface area contributed by atoms with Crippen LogP contribution in [0.3, 0.4) is 0 Å². The minimum Gasteiger partial charge on any atom is -0.101 e. The van der Waals surface area contributed by atoms with E-state index in [1.807, 2.05) is 0 Å². The standard InChI is InChI=1S/C18H36Cl2/c1-6-9-10-11-12-13-14-17(15(4)7-2)18(19,20)16(5)8-3/h15-17H,6-14H2,1-5H3. The third kappa shape index (κ3) is 7.03. The Bertz CT molecular complexity index is 225. The normalized spacial score (nSPS) is 16.9. The third-order valence-corrected chi connectivity index (χ3v) is 6.27. The molecule has 0 spiro atoms. The molecule has 0 nitrogen and oxygen atoms in total. The molecule has 0 radical (unpaired) electrons. The van der Waals surface area contributed by atoms with Crippen molar-refractivity contribution in [2.75, 3.05) is 0 Å². The summed E-state index contributed by atoms with van der Waals surface area (Å²) in [4.78, 5) is 0. The van der Waals surface area contributed by atoms with Crippen LogP contribution in [-0.2, 0) is 0 Å². The van der Waals surface area contributed by atoms with Crippen molar-refractivity contribution in [3.8, 4) is 0 Å². The fraction of sp³-hybridized carbons (Fsp3) is 1.00. The number of unbranched alkanes of at least 4 members (excludes halogenated alkanes) is 5. The van der Waals surface area contributed by atoms with E-state index in [1.165, 1.54) is 44.9 Å². The number of halogens is 2. The maximum atomic E-state index is 6.75. The first-order valence-corrected chi connectivity index (χ1v) is 9.55. The molecule has 0 aromatic carbocycles. The summed E-state index contributed by atoms with van der Waals surface area (Å²) in [5.74, 6) is 1.40. The number of rotatable bonds is 12. The molecule has 0 N–H and O–H groups in total. The lowest BCUT2D eigenvalue weighted by atomic mass is 9.79. The SMILES string of the molecule is CCCCCCCCC(C(C)CC)C(Cl)(Cl)C(C)CC. The minimum absolute atomic E-state index is 0.366. The van der Waals surface area contributed by atoms with Crippen LogP contribution in [0.1, 0.15) is 92.4 Å². The molecule has 0 aromatic heterocycles. The van der Waals surface area contributed by atoms with Gasteiger partial charge in [0.05, 0.1) is 0 Å². The molecule has 2 heteroatoms. The first-order chi connectivity index (χ1) is 9.41. The van der Waals surface area contributed by atoms with Gasteiger partial charge in [0, 0.05) is 0 Å². The van der Waals surface area contributed by atoms with Crippen molar-refractivity contribution in [3.05, 3.63) is 0 Å². The molecule has 0 rings (SSSR count). The van der Waals surface area contributed by atoms with Crippen molar-refractivity contribution < 1.29 is 0 Å². The molecule has 0 saturated carbocycles. The molecule has 122 valence electrons. The molecule has 0 heterocycles. The lowest BCUT2D eigenvalue weighted by molar-refractivity contribution is 0.239. The van der Waals surface area contributed by atoms with Crippen molar-refractivity contribution in [1.29, 1.82) is 0 Å². The topological polar surface area (TPSA) is 0 Å². The summed E-state index contributed by atoms with van der Waals surface area (Å²) in [7, 11) is 0. The Morgan fingerprint density at radius 3 is 1.85 bits per heavy atom. The molecule has 0 aliphatic carbocycles.